The van der Waals surface area contributed by atoms with Crippen molar-refractivity contribution in [1.82, 2.24) is 24.8 Å². The zero-order valence-electron chi connectivity index (χ0n) is 17.2. The van der Waals surface area contributed by atoms with Crippen LogP contribution in [0, 0.1) is 0 Å². The van der Waals surface area contributed by atoms with Crippen LogP contribution in [0.4, 0.5) is 0 Å². The molecule has 158 valence electrons. The standard InChI is InChI=1S/C23H23N5O3/c1-15-21-26-18(22(29)25-13-17-7-4-5-9-24-17)14-27(21)10-11-28(15)23(30)20-12-16-6-2-3-8-19(16)31-20/h2-9,14-15,20H,10-13H2,1H3,(H,25,29)/t15-,20+/m0/s1. The third-order valence-corrected chi connectivity index (χ3v) is 5.82. The molecule has 0 spiro atoms. The maximum atomic E-state index is 13.2. The van der Waals surface area contributed by atoms with E-state index in [0.717, 1.165) is 17.0 Å². The number of carbonyl (C=O) groups is 2. The summed E-state index contributed by atoms with van der Waals surface area (Å²) in [6.07, 6.45) is 3.51. The summed E-state index contributed by atoms with van der Waals surface area (Å²) < 4.78 is 7.84. The summed E-state index contributed by atoms with van der Waals surface area (Å²) in [5.74, 6) is 1.18. The minimum absolute atomic E-state index is 0.0425. The molecule has 2 aliphatic heterocycles. The third-order valence-electron chi connectivity index (χ3n) is 5.82. The zero-order valence-corrected chi connectivity index (χ0v) is 17.2. The van der Waals surface area contributed by atoms with Crippen LogP contribution >= 0.6 is 0 Å². The first-order valence-corrected chi connectivity index (χ1v) is 10.4. The molecule has 0 saturated carbocycles. The molecule has 2 atom stereocenters. The van der Waals surface area contributed by atoms with Gasteiger partial charge in [-0.2, -0.15) is 0 Å². The topological polar surface area (TPSA) is 89.4 Å². The van der Waals surface area contributed by atoms with E-state index in [-0.39, 0.29) is 17.9 Å². The molecular formula is C23H23N5O3. The SMILES string of the molecule is C[C@H]1c2nc(C(=O)NCc3ccccn3)cn2CCN1C(=O)[C@H]1Cc2ccccc2O1. The normalized spacial score (nSPS) is 19.3. The van der Waals surface area contributed by atoms with Crippen LogP contribution in [0.5, 0.6) is 5.75 Å². The van der Waals surface area contributed by atoms with Gasteiger partial charge in [0.25, 0.3) is 11.8 Å². The van der Waals surface area contributed by atoms with E-state index in [1.807, 2.05) is 54.0 Å². The van der Waals surface area contributed by atoms with Gasteiger partial charge in [-0.25, -0.2) is 4.98 Å². The van der Waals surface area contributed by atoms with Gasteiger partial charge >= 0.3 is 0 Å². The fraction of sp³-hybridized carbons (Fsp3) is 0.304. The van der Waals surface area contributed by atoms with Crippen LogP contribution in [0.1, 0.15) is 40.5 Å². The Bertz CT molecular complexity index is 1100. The molecule has 3 aromatic rings. The van der Waals surface area contributed by atoms with Crippen molar-refractivity contribution < 1.29 is 14.3 Å². The van der Waals surface area contributed by atoms with E-state index in [1.54, 1.807) is 17.3 Å². The van der Waals surface area contributed by atoms with E-state index in [0.29, 0.717) is 37.6 Å². The van der Waals surface area contributed by atoms with Crippen molar-refractivity contribution >= 4 is 11.8 Å². The number of amides is 2. The second-order valence-corrected chi connectivity index (χ2v) is 7.81. The Hall–Kier alpha value is -3.68. The van der Waals surface area contributed by atoms with Gasteiger partial charge in [0, 0.05) is 31.9 Å². The van der Waals surface area contributed by atoms with Crippen LogP contribution in [0.2, 0.25) is 0 Å². The van der Waals surface area contributed by atoms with Gasteiger partial charge < -0.3 is 19.5 Å². The molecule has 4 heterocycles. The Morgan fingerprint density at radius 1 is 1.16 bits per heavy atom. The average molecular weight is 417 g/mol. The molecule has 0 saturated heterocycles. The maximum absolute atomic E-state index is 13.2. The highest BCUT2D eigenvalue weighted by Gasteiger charge is 2.37. The number of para-hydroxylation sites is 1. The van der Waals surface area contributed by atoms with E-state index < -0.39 is 6.10 Å². The van der Waals surface area contributed by atoms with Gasteiger partial charge in [-0.3, -0.25) is 14.6 Å². The number of nitrogens with one attached hydrogen (secondary N) is 1. The van der Waals surface area contributed by atoms with Crippen molar-refractivity contribution in [3.8, 4) is 5.75 Å². The molecule has 1 N–H and O–H groups in total. The van der Waals surface area contributed by atoms with Crippen molar-refractivity contribution in [1.29, 1.82) is 0 Å². The van der Waals surface area contributed by atoms with Gasteiger partial charge in [0.2, 0.25) is 0 Å². The monoisotopic (exact) mass is 417 g/mol. The highest BCUT2D eigenvalue weighted by molar-refractivity contribution is 5.92. The van der Waals surface area contributed by atoms with Crippen LogP contribution in [0.3, 0.4) is 0 Å². The summed E-state index contributed by atoms with van der Waals surface area (Å²) >= 11 is 0. The Morgan fingerprint density at radius 3 is 2.81 bits per heavy atom. The van der Waals surface area contributed by atoms with E-state index in [9.17, 15) is 9.59 Å². The summed E-state index contributed by atoms with van der Waals surface area (Å²) in [5.41, 5.74) is 2.18. The molecule has 2 aromatic heterocycles. The molecular weight excluding hydrogens is 394 g/mol. The molecule has 2 aliphatic rings. The van der Waals surface area contributed by atoms with Crippen LogP contribution in [-0.2, 0) is 24.3 Å². The number of benzene rings is 1. The number of rotatable bonds is 4. The van der Waals surface area contributed by atoms with Gasteiger partial charge in [0.15, 0.2) is 6.10 Å². The molecule has 8 heteroatoms. The summed E-state index contributed by atoms with van der Waals surface area (Å²) in [6.45, 7) is 3.41. The predicted octanol–water partition coefficient (Wildman–Crippen LogP) is 2.11. The van der Waals surface area contributed by atoms with Crippen LogP contribution < -0.4 is 10.1 Å². The smallest absolute Gasteiger partial charge is 0.271 e. The molecule has 8 nitrogen and oxygen atoms in total. The highest BCUT2D eigenvalue weighted by atomic mass is 16.5. The number of imidazole rings is 1. The number of nitrogens with zero attached hydrogens (tertiary/aromatic N) is 4. The first-order valence-electron chi connectivity index (χ1n) is 10.4. The van der Waals surface area contributed by atoms with E-state index in [1.165, 1.54) is 0 Å². The molecule has 0 bridgehead atoms. The number of carbonyl (C=O) groups excluding carboxylic acids is 2. The maximum Gasteiger partial charge on any atom is 0.271 e. The second-order valence-electron chi connectivity index (χ2n) is 7.81. The molecule has 5 rings (SSSR count). The van der Waals surface area contributed by atoms with Crippen LogP contribution in [-0.4, -0.2) is 43.9 Å². The van der Waals surface area contributed by atoms with Gasteiger partial charge in [0.05, 0.1) is 18.3 Å². The Kier molecular flexibility index (Phi) is 4.89. The summed E-state index contributed by atoms with van der Waals surface area (Å²) in [7, 11) is 0. The predicted molar refractivity (Wildman–Crippen MR) is 112 cm³/mol. The van der Waals surface area contributed by atoms with Crippen molar-refractivity contribution in [2.24, 2.45) is 0 Å². The quantitative estimate of drug-likeness (QED) is 0.702. The number of ether oxygens (including phenoxy) is 1. The average Bonchev–Trinajstić information content (AvgIpc) is 3.43. The van der Waals surface area contributed by atoms with Crippen molar-refractivity contribution in [2.75, 3.05) is 6.54 Å². The zero-order chi connectivity index (χ0) is 21.4. The largest absolute Gasteiger partial charge is 0.480 e. The number of hydrogen-bond acceptors (Lipinski definition) is 5. The Morgan fingerprint density at radius 2 is 2.00 bits per heavy atom. The van der Waals surface area contributed by atoms with Crippen molar-refractivity contribution in [3.63, 3.8) is 0 Å². The lowest BCUT2D eigenvalue weighted by atomic mass is 10.1. The number of hydrogen-bond donors (Lipinski definition) is 1. The number of fused-ring (bicyclic) bond motifs is 2. The molecule has 31 heavy (non-hydrogen) atoms. The molecule has 0 aliphatic carbocycles. The fourth-order valence-electron chi connectivity index (χ4n) is 4.17. The fourth-order valence-corrected chi connectivity index (χ4v) is 4.17. The Balaban J connectivity index is 1.27. The molecule has 1 aromatic carbocycles. The summed E-state index contributed by atoms with van der Waals surface area (Å²) in [6, 6.07) is 13.1. The minimum Gasteiger partial charge on any atom is -0.480 e. The number of aromatic nitrogens is 3. The molecule has 0 fully saturated rings. The van der Waals surface area contributed by atoms with Gasteiger partial charge in [0.1, 0.15) is 17.3 Å². The van der Waals surface area contributed by atoms with E-state index >= 15 is 0 Å². The summed E-state index contributed by atoms with van der Waals surface area (Å²) in [4.78, 5) is 36.3. The minimum atomic E-state index is -0.512. The van der Waals surface area contributed by atoms with E-state index in [2.05, 4.69) is 15.3 Å². The van der Waals surface area contributed by atoms with Gasteiger partial charge in [-0.1, -0.05) is 24.3 Å². The lowest BCUT2D eigenvalue weighted by Gasteiger charge is -2.35. The molecule has 0 radical (unpaired) electrons. The van der Waals surface area contributed by atoms with Crippen LogP contribution in [0.15, 0.2) is 54.9 Å². The molecule has 0 unspecified atom stereocenters. The molecule has 2 amide bonds. The summed E-state index contributed by atoms with van der Waals surface area (Å²) in [5, 5.41) is 2.85. The van der Waals surface area contributed by atoms with Crippen molar-refractivity contribution in [2.45, 2.75) is 38.6 Å². The van der Waals surface area contributed by atoms with Crippen molar-refractivity contribution in [3.05, 3.63) is 77.6 Å². The lowest BCUT2D eigenvalue weighted by molar-refractivity contribution is -0.141. The highest BCUT2D eigenvalue weighted by Crippen LogP contribution is 2.32. The first kappa shape index (κ1) is 19.3. The Labute approximate surface area is 179 Å². The van der Waals surface area contributed by atoms with E-state index in [4.69, 9.17) is 4.74 Å². The second kappa shape index (κ2) is 7.86. The van der Waals surface area contributed by atoms with Gasteiger partial charge in [-0.15, -0.1) is 0 Å². The van der Waals surface area contributed by atoms with Gasteiger partial charge in [-0.05, 0) is 30.7 Å². The lowest BCUT2D eigenvalue weighted by Crippen LogP contribution is -2.47. The van der Waals surface area contributed by atoms with Crippen LogP contribution in [0.25, 0.3) is 0 Å². The third kappa shape index (κ3) is 3.65. The first-order chi connectivity index (χ1) is 15.1. The number of pyridine rings is 1.